The highest BCUT2D eigenvalue weighted by Crippen LogP contribution is 2.37. The number of alkyl halides is 6. The van der Waals surface area contributed by atoms with E-state index < -0.39 is 41.2 Å². The van der Waals surface area contributed by atoms with Gasteiger partial charge in [0.25, 0.3) is 0 Å². The van der Waals surface area contributed by atoms with Crippen LogP contribution in [0.1, 0.15) is 28.4 Å². The highest BCUT2D eigenvalue weighted by molar-refractivity contribution is 5.89. The van der Waals surface area contributed by atoms with E-state index in [0.29, 0.717) is 6.07 Å². The zero-order valence-corrected chi connectivity index (χ0v) is 15.5. The molecule has 0 aliphatic carbocycles. The van der Waals surface area contributed by atoms with Gasteiger partial charge in [-0.25, -0.2) is 4.79 Å². The van der Waals surface area contributed by atoms with Crippen LogP contribution in [0.2, 0.25) is 0 Å². The first-order chi connectivity index (χ1) is 14.6. The second-order valence-electron chi connectivity index (χ2n) is 6.33. The van der Waals surface area contributed by atoms with Crippen molar-refractivity contribution in [2.24, 2.45) is 0 Å². The maximum absolute atomic E-state index is 13.5. The lowest BCUT2D eigenvalue weighted by Crippen LogP contribution is -2.35. The topological polar surface area (TPSA) is 66.9 Å². The van der Waals surface area contributed by atoms with Crippen molar-refractivity contribution >= 4 is 11.7 Å². The van der Waals surface area contributed by atoms with Crippen LogP contribution >= 0.6 is 0 Å². The van der Waals surface area contributed by atoms with Gasteiger partial charge in [-0.05, 0) is 42.0 Å². The molecule has 0 bridgehead atoms. The molecule has 3 aromatic rings. The minimum Gasteiger partial charge on any atom is -0.325 e. The molecule has 0 spiro atoms. The van der Waals surface area contributed by atoms with Gasteiger partial charge in [0.1, 0.15) is 0 Å². The number of rotatable bonds is 4. The molecular weight excluding hydrogens is 426 g/mol. The van der Waals surface area contributed by atoms with Gasteiger partial charge in [0.15, 0.2) is 0 Å². The van der Waals surface area contributed by atoms with E-state index in [-0.39, 0.29) is 11.3 Å². The molecule has 11 heteroatoms. The smallest absolute Gasteiger partial charge is 0.325 e. The highest BCUT2D eigenvalue weighted by atomic mass is 19.4. The summed E-state index contributed by atoms with van der Waals surface area (Å²) in [4.78, 5) is 19.9. The first-order valence-corrected chi connectivity index (χ1v) is 8.72. The summed E-state index contributed by atoms with van der Waals surface area (Å²) < 4.78 is 80.0. The van der Waals surface area contributed by atoms with Crippen molar-refractivity contribution in [2.75, 3.05) is 5.32 Å². The number of nitrogens with one attached hydrogen (secondary N) is 2. The van der Waals surface area contributed by atoms with Crippen LogP contribution in [0.5, 0.6) is 0 Å². The van der Waals surface area contributed by atoms with Crippen molar-refractivity contribution in [1.82, 2.24) is 15.3 Å². The largest absolute Gasteiger partial charge is 0.418 e. The Labute approximate surface area is 172 Å². The number of pyridine rings is 2. The fourth-order valence-corrected chi connectivity index (χ4v) is 2.83. The number of nitrogens with zero attached hydrogens (tertiary/aromatic N) is 2. The van der Waals surface area contributed by atoms with E-state index in [1.165, 1.54) is 30.6 Å². The molecule has 162 valence electrons. The minimum atomic E-state index is -4.84. The Hall–Kier alpha value is -3.63. The molecule has 31 heavy (non-hydrogen) atoms. The Morgan fingerprint density at radius 1 is 0.903 bits per heavy atom. The summed E-state index contributed by atoms with van der Waals surface area (Å²) in [5.74, 6) is 0. The number of anilines is 1. The Bertz CT molecular complexity index is 1050. The fourth-order valence-electron chi connectivity index (χ4n) is 2.83. The van der Waals surface area contributed by atoms with Crippen molar-refractivity contribution in [2.45, 2.75) is 18.4 Å². The first kappa shape index (κ1) is 22.1. The highest BCUT2D eigenvalue weighted by Gasteiger charge is 2.38. The molecule has 0 fully saturated rings. The molecule has 0 aliphatic heterocycles. The average molecular weight is 440 g/mol. The Kier molecular flexibility index (Phi) is 6.14. The molecule has 0 unspecified atom stereocenters. The molecule has 5 nitrogen and oxygen atoms in total. The van der Waals surface area contributed by atoms with E-state index in [2.05, 4.69) is 20.6 Å². The number of carbonyl (C=O) groups is 1. The van der Waals surface area contributed by atoms with Gasteiger partial charge in [-0.15, -0.1) is 0 Å². The normalized spacial score (nSPS) is 12.8. The molecule has 2 amide bonds. The van der Waals surface area contributed by atoms with Gasteiger partial charge >= 0.3 is 18.4 Å². The second kappa shape index (κ2) is 8.62. The number of urea groups is 1. The predicted octanol–water partition coefficient (Wildman–Crippen LogP) is 5.43. The van der Waals surface area contributed by atoms with E-state index in [1.807, 2.05) is 0 Å². The summed E-state index contributed by atoms with van der Waals surface area (Å²) >= 11 is 0. The van der Waals surface area contributed by atoms with Crippen molar-refractivity contribution < 1.29 is 31.1 Å². The number of aromatic nitrogens is 2. The van der Waals surface area contributed by atoms with Crippen LogP contribution in [-0.4, -0.2) is 16.0 Å². The van der Waals surface area contributed by atoms with E-state index in [9.17, 15) is 31.1 Å². The lowest BCUT2D eigenvalue weighted by Gasteiger charge is -2.23. The van der Waals surface area contributed by atoms with Gasteiger partial charge < -0.3 is 10.6 Å². The monoisotopic (exact) mass is 440 g/mol. The van der Waals surface area contributed by atoms with Gasteiger partial charge in [-0.2, -0.15) is 26.3 Å². The number of amides is 2. The molecule has 0 saturated carbocycles. The molecule has 3 rings (SSSR count). The molecule has 1 atom stereocenters. The van der Waals surface area contributed by atoms with Crippen molar-refractivity contribution in [3.05, 3.63) is 89.5 Å². The summed E-state index contributed by atoms with van der Waals surface area (Å²) in [6.07, 6.45) is -5.77. The van der Waals surface area contributed by atoms with E-state index in [0.717, 1.165) is 30.5 Å². The van der Waals surface area contributed by atoms with E-state index >= 15 is 0 Å². The van der Waals surface area contributed by atoms with Crippen LogP contribution in [0.15, 0.2) is 67.1 Å². The second-order valence-corrected chi connectivity index (χ2v) is 6.33. The molecule has 0 radical (unpaired) electrons. The van der Waals surface area contributed by atoms with Crippen LogP contribution in [0.3, 0.4) is 0 Å². The summed E-state index contributed by atoms with van der Waals surface area (Å²) in [6.45, 7) is 0. The van der Waals surface area contributed by atoms with Crippen molar-refractivity contribution in [3.63, 3.8) is 0 Å². The lowest BCUT2D eigenvalue weighted by atomic mass is 9.97. The third-order valence-corrected chi connectivity index (χ3v) is 4.16. The van der Waals surface area contributed by atoms with E-state index in [4.69, 9.17) is 0 Å². The van der Waals surface area contributed by atoms with Crippen LogP contribution in [0.25, 0.3) is 0 Å². The number of halogens is 6. The zero-order valence-electron chi connectivity index (χ0n) is 15.5. The molecule has 0 saturated heterocycles. The maximum Gasteiger partial charge on any atom is 0.418 e. The zero-order chi connectivity index (χ0) is 22.6. The summed E-state index contributed by atoms with van der Waals surface area (Å²) in [5, 5.41) is 4.65. The summed E-state index contributed by atoms with van der Waals surface area (Å²) in [6, 6.07) is 5.89. The first-order valence-electron chi connectivity index (χ1n) is 8.72. The number of benzene rings is 1. The fraction of sp³-hybridized carbons (Fsp3) is 0.150. The van der Waals surface area contributed by atoms with Crippen LogP contribution in [0.4, 0.5) is 36.8 Å². The van der Waals surface area contributed by atoms with Crippen molar-refractivity contribution in [1.29, 1.82) is 0 Å². The van der Waals surface area contributed by atoms with Gasteiger partial charge in [0, 0.05) is 12.4 Å². The van der Waals surface area contributed by atoms with Crippen molar-refractivity contribution in [3.8, 4) is 0 Å². The molecular formula is C20H14F6N4O. The van der Waals surface area contributed by atoms with Gasteiger partial charge in [0.2, 0.25) is 0 Å². The molecule has 2 aromatic heterocycles. The third kappa shape index (κ3) is 5.50. The Balaban J connectivity index is 2.04. The Morgan fingerprint density at radius 2 is 1.65 bits per heavy atom. The summed E-state index contributed by atoms with van der Waals surface area (Å²) in [5.41, 5.74) is -2.89. The van der Waals surface area contributed by atoms with E-state index in [1.54, 1.807) is 0 Å². The molecule has 1 aromatic carbocycles. The van der Waals surface area contributed by atoms with Crippen LogP contribution in [-0.2, 0) is 12.4 Å². The SMILES string of the molecule is O=C(Nc1cccnc1)N[C@@H](c1cccc(C(F)(F)F)c1)c1ncccc1C(F)(F)F. The average Bonchev–Trinajstić information content (AvgIpc) is 2.72. The Morgan fingerprint density at radius 3 is 2.29 bits per heavy atom. The number of hydrogen-bond acceptors (Lipinski definition) is 3. The van der Waals surface area contributed by atoms with Gasteiger partial charge in [0.05, 0.1) is 34.7 Å². The summed E-state index contributed by atoms with van der Waals surface area (Å²) in [7, 11) is 0. The number of carbonyl (C=O) groups excluding carboxylic acids is 1. The van der Waals surface area contributed by atoms with Gasteiger partial charge in [-0.3, -0.25) is 9.97 Å². The van der Waals surface area contributed by atoms with Crippen LogP contribution in [0, 0.1) is 0 Å². The number of hydrogen-bond donors (Lipinski definition) is 2. The quantitative estimate of drug-likeness (QED) is 0.532. The molecule has 0 aliphatic rings. The van der Waals surface area contributed by atoms with Gasteiger partial charge in [-0.1, -0.05) is 12.1 Å². The minimum absolute atomic E-state index is 0.222. The molecule has 2 N–H and O–H groups in total. The molecule has 2 heterocycles. The maximum atomic E-state index is 13.5. The van der Waals surface area contributed by atoms with Crippen LogP contribution < -0.4 is 10.6 Å². The lowest BCUT2D eigenvalue weighted by molar-refractivity contribution is -0.139. The third-order valence-electron chi connectivity index (χ3n) is 4.16. The standard InChI is InChI=1S/C20H14F6N4O/c21-19(22,23)13-5-1-4-12(10-13)16(17-15(20(24,25)26)7-3-9-28-17)30-18(31)29-14-6-2-8-27-11-14/h1-11,16H,(H2,29,30,31)/t16-/m0/s1. The predicted molar refractivity (Wildman–Crippen MR) is 98.9 cm³/mol.